The molecule has 134 valence electrons. The highest BCUT2D eigenvalue weighted by atomic mass is 16.6. The molecule has 1 aromatic rings. The first kappa shape index (κ1) is 18.7. The van der Waals surface area contributed by atoms with Crippen molar-refractivity contribution in [3.8, 4) is 5.75 Å². The molecule has 1 fully saturated rings. The molecule has 1 aromatic carbocycles. The topological polar surface area (TPSA) is 82.5 Å². The van der Waals surface area contributed by atoms with Gasteiger partial charge in [-0.05, 0) is 52.3 Å². The van der Waals surface area contributed by atoms with Gasteiger partial charge in [-0.2, -0.15) is 10.1 Å². The van der Waals surface area contributed by atoms with Gasteiger partial charge in [-0.15, -0.1) is 0 Å². The lowest BCUT2D eigenvalue weighted by atomic mass is 9.84. The molecule has 1 atom stereocenters. The first-order valence-electron chi connectivity index (χ1n) is 7.85. The molecule has 1 heterocycles. The molecule has 0 radical (unpaired) electrons. The number of rotatable bonds is 4. The van der Waals surface area contributed by atoms with E-state index in [0.717, 1.165) is 10.1 Å². The van der Waals surface area contributed by atoms with Crippen molar-refractivity contribution in [3.63, 3.8) is 0 Å². The first-order valence-corrected chi connectivity index (χ1v) is 7.85. The lowest BCUT2D eigenvalue weighted by molar-refractivity contribution is -0.223. The Morgan fingerprint density at radius 2 is 1.71 bits per heavy atom. The van der Waals surface area contributed by atoms with E-state index in [0.29, 0.717) is 11.3 Å². The Bertz CT molecular complexity index is 597. The van der Waals surface area contributed by atoms with Crippen LogP contribution in [0.15, 0.2) is 24.3 Å². The molecule has 24 heavy (non-hydrogen) atoms. The molecule has 0 saturated carbocycles. The van der Waals surface area contributed by atoms with Crippen molar-refractivity contribution >= 4 is 5.97 Å². The molecule has 0 amide bonds. The maximum atomic E-state index is 11.5. The maximum Gasteiger partial charge on any atom is 0.346 e. The summed E-state index contributed by atoms with van der Waals surface area (Å²) in [4.78, 5) is 11.5. The number of esters is 1. The molecule has 2 rings (SSSR count). The summed E-state index contributed by atoms with van der Waals surface area (Å²) < 4.78 is 10.2. The molecule has 0 aliphatic carbocycles. The summed E-state index contributed by atoms with van der Waals surface area (Å²) in [5, 5.41) is 23.5. The van der Waals surface area contributed by atoms with Crippen molar-refractivity contribution in [2.75, 3.05) is 7.11 Å². The van der Waals surface area contributed by atoms with Crippen molar-refractivity contribution in [2.45, 2.75) is 58.0 Å². The minimum Gasteiger partial charge on any atom is -0.479 e. The third kappa shape index (κ3) is 2.88. The number of hydrogen-bond donors (Lipinski definition) is 2. The molecule has 1 aliphatic heterocycles. The van der Waals surface area contributed by atoms with Crippen LogP contribution in [-0.4, -0.2) is 50.8 Å². The van der Waals surface area contributed by atoms with Crippen molar-refractivity contribution < 1.29 is 24.7 Å². The van der Waals surface area contributed by atoms with Crippen molar-refractivity contribution in [1.82, 2.24) is 10.1 Å². The summed E-state index contributed by atoms with van der Waals surface area (Å²) in [7, 11) is 1.30. The summed E-state index contributed by atoms with van der Waals surface area (Å²) in [6.07, 6.45) is -1.50. The van der Waals surface area contributed by atoms with Crippen LogP contribution in [0.3, 0.4) is 0 Å². The second kappa shape index (κ2) is 6.33. The Hall–Kier alpha value is -1.67. The predicted molar refractivity (Wildman–Crippen MR) is 86.7 cm³/mol. The molecule has 0 bridgehead atoms. The zero-order valence-corrected chi connectivity index (χ0v) is 15.0. The number of methoxy groups -OCH3 is 1. The standard InChI is InChI=1S/C17H26N2O5/c1-11(15(20)23-6)24-13-9-7-8-12(10-13)14-18(21)16(2,3)17(4,5)19(14)22/h7-11,14,21-22H,1-6H3/t11-/m1/s1. The minimum atomic E-state index is -0.753. The van der Waals surface area contributed by atoms with Gasteiger partial charge in [-0.3, -0.25) is 0 Å². The number of benzene rings is 1. The van der Waals surface area contributed by atoms with Crippen LogP contribution >= 0.6 is 0 Å². The number of hydrogen-bond acceptors (Lipinski definition) is 7. The smallest absolute Gasteiger partial charge is 0.346 e. The minimum absolute atomic E-state index is 0.453. The SMILES string of the molecule is COC(=O)[C@@H](C)Oc1cccc(C2N(O)C(C)(C)C(C)(C)N2O)c1. The normalized spacial score (nSPS) is 22.3. The molecule has 1 saturated heterocycles. The van der Waals surface area contributed by atoms with Gasteiger partial charge in [0, 0.05) is 0 Å². The molecule has 2 N–H and O–H groups in total. The highest BCUT2D eigenvalue weighted by molar-refractivity contribution is 5.74. The lowest BCUT2D eigenvalue weighted by Gasteiger charge is -2.37. The number of hydroxylamine groups is 4. The average molecular weight is 338 g/mol. The molecule has 0 aromatic heterocycles. The fraction of sp³-hybridized carbons (Fsp3) is 0.588. The van der Waals surface area contributed by atoms with Gasteiger partial charge in [0.25, 0.3) is 0 Å². The summed E-state index contributed by atoms with van der Waals surface area (Å²) in [5.41, 5.74) is -0.709. The van der Waals surface area contributed by atoms with Crippen LogP contribution < -0.4 is 4.74 Å². The van der Waals surface area contributed by atoms with Gasteiger partial charge in [-0.25, -0.2) is 4.79 Å². The van der Waals surface area contributed by atoms with Crippen LogP contribution in [0.25, 0.3) is 0 Å². The van der Waals surface area contributed by atoms with E-state index in [-0.39, 0.29) is 0 Å². The van der Waals surface area contributed by atoms with Gasteiger partial charge in [0.05, 0.1) is 18.2 Å². The van der Waals surface area contributed by atoms with E-state index in [4.69, 9.17) is 4.74 Å². The maximum absolute atomic E-state index is 11.5. The van der Waals surface area contributed by atoms with Gasteiger partial charge in [-0.1, -0.05) is 12.1 Å². The quantitative estimate of drug-likeness (QED) is 0.817. The van der Waals surface area contributed by atoms with E-state index in [1.165, 1.54) is 7.11 Å². The van der Waals surface area contributed by atoms with Crippen molar-refractivity contribution in [1.29, 1.82) is 0 Å². The fourth-order valence-electron chi connectivity index (χ4n) is 2.72. The Balaban J connectivity index is 2.30. The zero-order chi connectivity index (χ0) is 18.3. The highest BCUT2D eigenvalue weighted by Gasteiger charge is 2.58. The summed E-state index contributed by atoms with van der Waals surface area (Å²) >= 11 is 0. The number of ether oxygens (including phenoxy) is 2. The van der Waals surface area contributed by atoms with Gasteiger partial charge >= 0.3 is 5.97 Å². The zero-order valence-electron chi connectivity index (χ0n) is 15.0. The Morgan fingerprint density at radius 1 is 1.17 bits per heavy atom. The first-order chi connectivity index (χ1) is 11.0. The van der Waals surface area contributed by atoms with E-state index >= 15 is 0 Å². The Morgan fingerprint density at radius 3 is 2.21 bits per heavy atom. The van der Waals surface area contributed by atoms with Crippen molar-refractivity contribution in [3.05, 3.63) is 29.8 Å². The van der Waals surface area contributed by atoms with E-state index in [1.54, 1.807) is 31.2 Å². The van der Waals surface area contributed by atoms with Crippen molar-refractivity contribution in [2.24, 2.45) is 0 Å². The van der Waals surface area contributed by atoms with E-state index in [2.05, 4.69) is 4.74 Å². The fourth-order valence-corrected chi connectivity index (χ4v) is 2.72. The predicted octanol–water partition coefficient (Wildman–Crippen LogP) is 2.58. The second-order valence-corrected chi connectivity index (χ2v) is 7.04. The number of carbonyl (C=O) groups is 1. The van der Waals surface area contributed by atoms with Gasteiger partial charge < -0.3 is 19.9 Å². The largest absolute Gasteiger partial charge is 0.479 e. The molecule has 7 heteroatoms. The van der Waals surface area contributed by atoms with E-state index in [9.17, 15) is 15.2 Å². The molecule has 0 unspecified atom stereocenters. The van der Waals surface area contributed by atoms with Crippen LogP contribution in [-0.2, 0) is 9.53 Å². The Labute approximate surface area is 142 Å². The number of carbonyl (C=O) groups excluding carboxylic acids is 1. The van der Waals surface area contributed by atoms with Gasteiger partial charge in [0.1, 0.15) is 11.9 Å². The summed E-state index contributed by atoms with van der Waals surface area (Å²) in [6.45, 7) is 9.02. The van der Waals surface area contributed by atoms with Crippen LogP contribution in [0.5, 0.6) is 5.75 Å². The number of nitrogens with zero attached hydrogens (tertiary/aromatic N) is 2. The summed E-state index contributed by atoms with van der Waals surface area (Å²) in [5.74, 6) is -0.0224. The van der Waals surface area contributed by atoms with Gasteiger partial charge in [0.2, 0.25) is 0 Å². The average Bonchev–Trinajstić information content (AvgIpc) is 2.64. The Kier molecular flexibility index (Phi) is 4.92. The molecule has 1 aliphatic rings. The molecular formula is C17H26N2O5. The summed E-state index contributed by atoms with van der Waals surface area (Å²) in [6, 6.07) is 6.92. The van der Waals surface area contributed by atoms with Crippen LogP contribution in [0.4, 0.5) is 0 Å². The van der Waals surface area contributed by atoms with Crippen LogP contribution in [0.1, 0.15) is 46.3 Å². The molecular weight excluding hydrogens is 312 g/mol. The van der Waals surface area contributed by atoms with Crippen LogP contribution in [0, 0.1) is 0 Å². The second-order valence-electron chi connectivity index (χ2n) is 7.04. The highest BCUT2D eigenvalue weighted by Crippen LogP contribution is 2.47. The monoisotopic (exact) mass is 338 g/mol. The van der Waals surface area contributed by atoms with E-state index in [1.807, 2.05) is 27.7 Å². The third-order valence-electron chi connectivity index (χ3n) is 5.11. The molecule has 7 nitrogen and oxygen atoms in total. The van der Waals surface area contributed by atoms with Crippen LogP contribution in [0.2, 0.25) is 0 Å². The van der Waals surface area contributed by atoms with E-state index < -0.39 is 29.3 Å². The lowest BCUT2D eigenvalue weighted by Crippen LogP contribution is -2.52. The third-order valence-corrected chi connectivity index (χ3v) is 5.11. The molecule has 0 spiro atoms. The van der Waals surface area contributed by atoms with Gasteiger partial charge in [0.15, 0.2) is 6.10 Å².